The van der Waals surface area contributed by atoms with Gasteiger partial charge in [0, 0.05) is 44.6 Å². The van der Waals surface area contributed by atoms with Crippen LogP contribution in [-0.4, -0.2) is 50.3 Å². The Balaban J connectivity index is 0.00000192. The fourth-order valence-corrected chi connectivity index (χ4v) is 3.22. The largest absolute Gasteiger partial charge is 0.381 e. The van der Waals surface area contributed by atoms with Crippen LogP contribution in [-0.2, 0) is 4.74 Å². The molecule has 2 fully saturated rings. The fraction of sp³-hybridized carbons (Fsp3) is 0.611. The van der Waals surface area contributed by atoms with Crippen LogP contribution in [0.5, 0.6) is 0 Å². The first-order valence-electron chi connectivity index (χ1n) is 8.42. The van der Waals surface area contributed by atoms with Crippen LogP contribution < -0.4 is 5.32 Å². The zero-order valence-electron chi connectivity index (χ0n) is 14.1. The maximum atomic E-state index is 5.48. The lowest BCUT2D eigenvalue weighted by Gasteiger charge is -2.25. The molecule has 1 N–H and O–H groups in total. The summed E-state index contributed by atoms with van der Waals surface area (Å²) in [5.41, 5.74) is 1.43. The molecule has 1 saturated carbocycles. The number of benzene rings is 1. The molecule has 0 amide bonds. The Hall–Kier alpha value is -0.820. The monoisotopic (exact) mass is 429 g/mol. The van der Waals surface area contributed by atoms with Gasteiger partial charge in [-0.2, -0.15) is 0 Å². The SMILES string of the molecule is CCN=C(NC1CC1c1ccccc1)N(C)CC1CCOC1.I. The van der Waals surface area contributed by atoms with Gasteiger partial charge < -0.3 is 15.0 Å². The predicted octanol–water partition coefficient (Wildman–Crippen LogP) is 3.09. The number of nitrogens with zero attached hydrogens (tertiary/aromatic N) is 2. The average molecular weight is 429 g/mol. The van der Waals surface area contributed by atoms with Crippen LogP contribution in [0.15, 0.2) is 35.3 Å². The molecule has 0 radical (unpaired) electrons. The lowest BCUT2D eigenvalue weighted by atomic mass is 10.1. The summed E-state index contributed by atoms with van der Waals surface area (Å²) in [6.07, 6.45) is 2.37. The number of rotatable bonds is 5. The minimum atomic E-state index is 0. The molecule has 3 atom stereocenters. The highest BCUT2D eigenvalue weighted by molar-refractivity contribution is 14.0. The van der Waals surface area contributed by atoms with E-state index in [0.29, 0.717) is 17.9 Å². The molecule has 2 aliphatic rings. The van der Waals surface area contributed by atoms with Gasteiger partial charge >= 0.3 is 0 Å². The van der Waals surface area contributed by atoms with Gasteiger partial charge in [0.2, 0.25) is 0 Å². The van der Waals surface area contributed by atoms with Crippen LogP contribution in [0.2, 0.25) is 0 Å². The number of aliphatic imine (C=N–C) groups is 1. The van der Waals surface area contributed by atoms with Crippen molar-refractivity contribution < 1.29 is 4.74 Å². The molecule has 3 rings (SSSR count). The number of guanidine groups is 1. The van der Waals surface area contributed by atoms with E-state index in [-0.39, 0.29) is 24.0 Å². The van der Waals surface area contributed by atoms with Gasteiger partial charge in [-0.3, -0.25) is 4.99 Å². The third-order valence-corrected chi connectivity index (χ3v) is 4.56. The maximum Gasteiger partial charge on any atom is 0.193 e. The van der Waals surface area contributed by atoms with Gasteiger partial charge in [0.1, 0.15) is 0 Å². The quantitative estimate of drug-likeness (QED) is 0.444. The first-order valence-corrected chi connectivity index (χ1v) is 8.42. The van der Waals surface area contributed by atoms with Crippen molar-refractivity contribution in [1.29, 1.82) is 0 Å². The van der Waals surface area contributed by atoms with E-state index in [9.17, 15) is 0 Å². The number of hydrogen-bond donors (Lipinski definition) is 1. The summed E-state index contributed by atoms with van der Waals surface area (Å²) < 4.78 is 5.48. The first kappa shape index (κ1) is 18.5. The number of nitrogens with one attached hydrogen (secondary N) is 1. The van der Waals surface area contributed by atoms with E-state index in [1.54, 1.807) is 0 Å². The fourth-order valence-electron chi connectivity index (χ4n) is 3.22. The van der Waals surface area contributed by atoms with Crippen molar-refractivity contribution in [2.24, 2.45) is 10.9 Å². The minimum Gasteiger partial charge on any atom is -0.381 e. The van der Waals surface area contributed by atoms with Gasteiger partial charge in [-0.15, -0.1) is 24.0 Å². The molecular formula is C18H28IN3O. The lowest BCUT2D eigenvalue weighted by Crippen LogP contribution is -2.43. The molecule has 1 aliphatic heterocycles. The van der Waals surface area contributed by atoms with Crippen LogP contribution >= 0.6 is 24.0 Å². The van der Waals surface area contributed by atoms with E-state index in [0.717, 1.165) is 32.3 Å². The average Bonchev–Trinajstić information content (AvgIpc) is 3.12. The van der Waals surface area contributed by atoms with Crippen molar-refractivity contribution in [3.8, 4) is 0 Å². The maximum absolute atomic E-state index is 5.48. The predicted molar refractivity (Wildman–Crippen MR) is 106 cm³/mol. The number of hydrogen-bond acceptors (Lipinski definition) is 2. The second kappa shape index (κ2) is 8.87. The molecule has 0 aromatic heterocycles. The van der Waals surface area contributed by atoms with Crippen LogP contribution in [0.25, 0.3) is 0 Å². The van der Waals surface area contributed by atoms with Gasteiger partial charge in [-0.25, -0.2) is 0 Å². The highest BCUT2D eigenvalue weighted by Crippen LogP contribution is 2.40. The zero-order chi connectivity index (χ0) is 15.4. The van der Waals surface area contributed by atoms with Gasteiger partial charge in [0.05, 0.1) is 6.61 Å². The Morgan fingerprint density at radius 3 is 2.78 bits per heavy atom. The molecule has 5 heteroatoms. The molecule has 0 bridgehead atoms. The summed E-state index contributed by atoms with van der Waals surface area (Å²) in [6, 6.07) is 11.3. The summed E-state index contributed by atoms with van der Waals surface area (Å²) in [6.45, 7) is 5.73. The van der Waals surface area contributed by atoms with Gasteiger partial charge in [0.15, 0.2) is 5.96 Å². The third kappa shape index (κ3) is 5.08. The van der Waals surface area contributed by atoms with Gasteiger partial charge in [-0.05, 0) is 25.3 Å². The van der Waals surface area contributed by atoms with E-state index < -0.39 is 0 Å². The summed E-state index contributed by atoms with van der Waals surface area (Å²) in [4.78, 5) is 6.93. The molecule has 0 spiro atoms. The smallest absolute Gasteiger partial charge is 0.193 e. The molecule has 1 aliphatic carbocycles. The molecular weight excluding hydrogens is 401 g/mol. The summed E-state index contributed by atoms with van der Waals surface area (Å²) in [5, 5.41) is 3.65. The Kier molecular flexibility index (Phi) is 7.14. The normalized spacial score (nSPS) is 26.5. The summed E-state index contributed by atoms with van der Waals surface area (Å²) >= 11 is 0. The van der Waals surface area contributed by atoms with Crippen LogP contribution in [0.3, 0.4) is 0 Å². The van der Waals surface area contributed by atoms with E-state index in [4.69, 9.17) is 4.74 Å². The number of halogens is 1. The summed E-state index contributed by atoms with van der Waals surface area (Å²) in [7, 11) is 2.14. The van der Waals surface area contributed by atoms with E-state index >= 15 is 0 Å². The second-order valence-corrected chi connectivity index (χ2v) is 6.41. The Morgan fingerprint density at radius 1 is 1.35 bits per heavy atom. The first-order chi connectivity index (χ1) is 10.8. The van der Waals surface area contributed by atoms with Crippen LogP contribution in [0.1, 0.15) is 31.2 Å². The molecule has 1 aromatic rings. The van der Waals surface area contributed by atoms with E-state index in [2.05, 4.69) is 59.5 Å². The Morgan fingerprint density at radius 2 is 2.13 bits per heavy atom. The summed E-state index contributed by atoms with van der Waals surface area (Å²) in [5.74, 6) is 2.31. The van der Waals surface area contributed by atoms with Crippen molar-refractivity contribution in [2.45, 2.75) is 31.7 Å². The molecule has 23 heavy (non-hydrogen) atoms. The number of ether oxygens (including phenoxy) is 1. The second-order valence-electron chi connectivity index (χ2n) is 6.41. The van der Waals surface area contributed by atoms with E-state index in [1.165, 1.54) is 18.4 Å². The van der Waals surface area contributed by atoms with E-state index in [1.807, 2.05) is 0 Å². The zero-order valence-corrected chi connectivity index (χ0v) is 16.4. The van der Waals surface area contributed by atoms with Crippen molar-refractivity contribution in [3.63, 3.8) is 0 Å². The molecule has 1 saturated heterocycles. The highest BCUT2D eigenvalue weighted by atomic mass is 127. The van der Waals surface area contributed by atoms with Crippen molar-refractivity contribution in [2.75, 3.05) is 33.4 Å². The van der Waals surface area contributed by atoms with Gasteiger partial charge in [-0.1, -0.05) is 30.3 Å². The Bertz CT molecular complexity index is 502. The third-order valence-electron chi connectivity index (χ3n) is 4.56. The molecule has 3 unspecified atom stereocenters. The lowest BCUT2D eigenvalue weighted by molar-refractivity contribution is 0.181. The standard InChI is InChI=1S/C18H27N3O.HI/c1-3-19-18(21(2)12-14-9-10-22-13-14)20-17-11-16(17)15-7-5-4-6-8-15;/h4-8,14,16-17H,3,9-13H2,1-2H3,(H,19,20);1H. The molecule has 128 valence electrons. The van der Waals surface area contributed by atoms with Crippen LogP contribution in [0.4, 0.5) is 0 Å². The molecule has 4 nitrogen and oxygen atoms in total. The molecule has 1 aromatic carbocycles. The highest BCUT2D eigenvalue weighted by Gasteiger charge is 2.39. The Labute approximate surface area is 156 Å². The van der Waals surface area contributed by atoms with Crippen molar-refractivity contribution in [3.05, 3.63) is 35.9 Å². The minimum absolute atomic E-state index is 0. The topological polar surface area (TPSA) is 36.9 Å². The van der Waals surface area contributed by atoms with Crippen molar-refractivity contribution >= 4 is 29.9 Å². The van der Waals surface area contributed by atoms with Crippen molar-refractivity contribution in [1.82, 2.24) is 10.2 Å². The van der Waals surface area contributed by atoms with Crippen LogP contribution in [0, 0.1) is 5.92 Å². The van der Waals surface area contributed by atoms with Gasteiger partial charge in [0.25, 0.3) is 0 Å². The molecule has 1 heterocycles.